The van der Waals surface area contributed by atoms with E-state index >= 15 is 0 Å². The summed E-state index contributed by atoms with van der Waals surface area (Å²) in [5, 5.41) is 6.33. The second kappa shape index (κ2) is 6.26. The Kier molecular flexibility index (Phi) is 3.93. The first kappa shape index (κ1) is 15.7. The summed E-state index contributed by atoms with van der Waals surface area (Å²) in [6.07, 6.45) is 9.26. The van der Waals surface area contributed by atoms with E-state index in [1.807, 2.05) is 50.0 Å². The molecule has 0 radical (unpaired) electrons. The van der Waals surface area contributed by atoms with Gasteiger partial charge in [-0.15, -0.1) is 0 Å². The van der Waals surface area contributed by atoms with Crippen molar-refractivity contribution in [2.24, 2.45) is 7.05 Å². The molecule has 5 heteroatoms. The fourth-order valence-electron chi connectivity index (χ4n) is 2.96. The van der Waals surface area contributed by atoms with Crippen molar-refractivity contribution < 1.29 is 4.21 Å². The Morgan fingerprint density at radius 1 is 0.920 bits per heavy atom. The number of fused-ring (bicyclic) bond motifs is 1. The van der Waals surface area contributed by atoms with Gasteiger partial charge in [-0.3, -0.25) is 13.9 Å². The van der Waals surface area contributed by atoms with Crippen LogP contribution in [0.25, 0.3) is 33.0 Å². The summed E-state index contributed by atoms with van der Waals surface area (Å²) in [5.41, 5.74) is 4.35. The van der Waals surface area contributed by atoms with Crippen LogP contribution in [0, 0.1) is 0 Å². The van der Waals surface area contributed by atoms with E-state index in [-0.39, 0.29) is 0 Å². The van der Waals surface area contributed by atoms with E-state index in [0.29, 0.717) is 0 Å². The minimum Gasteiger partial charge on any atom is -0.275 e. The molecule has 4 rings (SSSR count). The van der Waals surface area contributed by atoms with Gasteiger partial charge in [-0.05, 0) is 28.6 Å². The molecular weight excluding hydrogens is 330 g/mol. The zero-order valence-electron chi connectivity index (χ0n) is 14.0. The van der Waals surface area contributed by atoms with E-state index in [2.05, 4.69) is 34.3 Å². The monoisotopic (exact) mass is 347 g/mol. The van der Waals surface area contributed by atoms with Crippen LogP contribution < -0.4 is 0 Å². The van der Waals surface area contributed by atoms with Gasteiger partial charge >= 0.3 is 0 Å². The third kappa shape index (κ3) is 2.98. The van der Waals surface area contributed by atoms with Crippen LogP contribution in [0.4, 0.5) is 0 Å². The number of benzene rings is 2. The molecule has 0 bridgehead atoms. The Morgan fingerprint density at radius 3 is 2.36 bits per heavy atom. The highest BCUT2D eigenvalue weighted by Gasteiger charge is 2.08. The summed E-state index contributed by atoms with van der Waals surface area (Å²) < 4.78 is 13.6. The molecule has 2 aromatic heterocycles. The van der Waals surface area contributed by atoms with Crippen LogP contribution in [0.2, 0.25) is 0 Å². The van der Waals surface area contributed by atoms with Crippen molar-refractivity contribution in [3.63, 3.8) is 0 Å². The smallest absolute Gasteiger partial charge is 0.0568 e. The van der Waals surface area contributed by atoms with Crippen molar-refractivity contribution in [2.45, 2.75) is 4.90 Å². The molecule has 0 unspecified atom stereocenters. The number of nitrogens with zero attached hydrogens (tertiary/aromatic N) is 3. The summed E-state index contributed by atoms with van der Waals surface area (Å²) in [4.78, 5) is 5.18. The summed E-state index contributed by atoms with van der Waals surface area (Å²) in [6.45, 7) is 0. The highest BCUT2D eigenvalue weighted by Crippen LogP contribution is 2.30. The van der Waals surface area contributed by atoms with E-state index < -0.39 is 10.8 Å². The van der Waals surface area contributed by atoms with Gasteiger partial charge in [0.05, 0.1) is 6.20 Å². The highest BCUT2D eigenvalue weighted by molar-refractivity contribution is 7.84. The topological polar surface area (TPSA) is 47.8 Å². The molecule has 2 aromatic carbocycles. The summed E-state index contributed by atoms with van der Waals surface area (Å²) in [7, 11) is 0.906. The van der Waals surface area contributed by atoms with Crippen molar-refractivity contribution >= 4 is 21.6 Å². The molecular formula is C20H17N3OS. The lowest BCUT2D eigenvalue weighted by Crippen LogP contribution is -1.90. The third-order valence-corrected chi connectivity index (χ3v) is 5.22. The molecule has 0 aliphatic heterocycles. The minimum atomic E-state index is -1.01. The fourth-order valence-corrected chi connectivity index (χ4v) is 3.51. The van der Waals surface area contributed by atoms with Crippen molar-refractivity contribution in [1.82, 2.24) is 14.8 Å². The van der Waals surface area contributed by atoms with Crippen LogP contribution in [-0.4, -0.2) is 25.2 Å². The Hall–Kier alpha value is -2.79. The lowest BCUT2D eigenvalue weighted by molar-refractivity contribution is 0.687. The Morgan fingerprint density at radius 2 is 1.68 bits per heavy atom. The SMILES string of the molecule is Cn1cc(-c2ccc(-c3cncc4ccc([S@@](C)=O)cc34)cc2)cn1. The van der Waals surface area contributed by atoms with Gasteiger partial charge < -0.3 is 0 Å². The van der Waals surface area contributed by atoms with Crippen molar-refractivity contribution in [2.75, 3.05) is 6.26 Å². The van der Waals surface area contributed by atoms with Gasteiger partial charge in [0.1, 0.15) is 0 Å². The zero-order chi connectivity index (χ0) is 17.4. The molecule has 25 heavy (non-hydrogen) atoms. The Labute approximate surface area is 148 Å². The van der Waals surface area contributed by atoms with Crippen LogP contribution in [0.3, 0.4) is 0 Å². The van der Waals surface area contributed by atoms with Crippen LogP contribution >= 0.6 is 0 Å². The lowest BCUT2D eigenvalue weighted by atomic mass is 9.99. The van der Waals surface area contributed by atoms with Gasteiger partial charge in [-0.25, -0.2) is 0 Å². The van der Waals surface area contributed by atoms with Crippen molar-refractivity contribution in [3.8, 4) is 22.3 Å². The number of aryl methyl sites for hydroxylation is 1. The first-order valence-electron chi connectivity index (χ1n) is 7.92. The molecule has 0 fully saturated rings. The maximum absolute atomic E-state index is 11.8. The number of aromatic nitrogens is 3. The molecule has 4 aromatic rings. The van der Waals surface area contributed by atoms with Gasteiger partial charge in [0.25, 0.3) is 0 Å². The maximum Gasteiger partial charge on any atom is 0.0568 e. The second-order valence-corrected chi connectivity index (χ2v) is 7.38. The molecule has 0 saturated carbocycles. The largest absolute Gasteiger partial charge is 0.275 e. The molecule has 0 spiro atoms. The molecule has 2 heterocycles. The van der Waals surface area contributed by atoms with Gasteiger partial charge in [0, 0.05) is 64.1 Å². The molecule has 124 valence electrons. The number of rotatable bonds is 3. The highest BCUT2D eigenvalue weighted by atomic mass is 32.2. The number of hydrogen-bond acceptors (Lipinski definition) is 3. The van der Waals surface area contributed by atoms with Crippen LogP contribution in [-0.2, 0) is 17.8 Å². The van der Waals surface area contributed by atoms with Gasteiger partial charge in [-0.2, -0.15) is 5.10 Å². The molecule has 0 N–H and O–H groups in total. The average molecular weight is 347 g/mol. The summed E-state index contributed by atoms with van der Waals surface area (Å²) >= 11 is 0. The maximum atomic E-state index is 11.8. The van der Waals surface area contributed by atoms with Crippen LogP contribution in [0.15, 0.2) is 72.1 Å². The van der Waals surface area contributed by atoms with E-state index in [4.69, 9.17) is 0 Å². The number of pyridine rings is 1. The van der Waals surface area contributed by atoms with E-state index in [9.17, 15) is 4.21 Å². The molecule has 0 aliphatic rings. The average Bonchev–Trinajstić information content (AvgIpc) is 3.07. The van der Waals surface area contributed by atoms with Crippen molar-refractivity contribution in [3.05, 3.63) is 67.3 Å². The first-order chi connectivity index (χ1) is 12.1. The molecule has 0 saturated heterocycles. The summed E-state index contributed by atoms with van der Waals surface area (Å²) in [5.74, 6) is 0. The van der Waals surface area contributed by atoms with Crippen LogP contribution in [0.5, 0.6) is 0 Å². The Bertz CT molecular complexity index is 1080. The van der Waals surface area contributed by atoms with Crippen LogP contribution in [0.1, 0.15) is 0 Å². The van der Waals surface area contributed by atoms with Gasteiger partial charge in [0.15, 0.2) is 0 Å². The third-order valence-electron chi connectivity index (χ3n) is 4.30. The lowest BCUT2D eigenvalue weighted by Gasteiger charge is -2.08. The standard InChI is InChI=1S/C20H17N3OS/c1-23-13-17(11-22-23)14-3-5-15(6-4-14)20-12-21-10-16-7-8-18(25(2)24)9-19(16)20/h3-13H,1-2H3/t25-/m1/s1. The normalized spacial score (nSPS) is 12.4. The summed E-state index contributed by atoms with van der Waals surface area (Å²) in [6, 6.07) is 14.2. The molecule has 4 nitrogen and oxygen atoms in total. The van der Waals surface area contributed by atoms with E-state index in [0.717, 1.165) is 37.9 Å². The Balaban J connectivity index is 1.81. The van der Waals surface area contributed by atoms with Gasteiger partial charge in [0.2, 0.25) is 0 Å². The molecule has 0 aliphatic carbocycles. The van der Waals surface area contributed by atoms with E-state index in [1.165, 1.54) is 0 Å². The quantitative estimate of drug-likeness (QED) is 0.562. The predicted octanol–water partition coefficient (Wildman–Crippen LogP) is 4.04. The predicted molar refractivity (Wildman–Crippen MR) is 102 cm³/mol. The van der Waals surface area contributed by atoms with Gasteiger partial charge in [-0.1, -0.05) is 30.3 Å². The molecule has 0 amide bonds. The fraction of sp³-hybridized carbons (Fsp3) is 0.100. The second-order valence-electron chi connectivity index (χ2n) is 6.00. The first-order valence-corrected chi connectivity index (χ1v) is 9.48. The molecule has 1 atom stereocenters. The zero-order valence-corrected chi connectivity index (χ0v) is 14.8. The minimum absolute atomic E-state index is 0.826. The van der Waals surface area contributed by atoms with Crippen molar-refractivity contribution in [1.29, 1.82) is 0 Å². The number of hydrogen-bond donors (Lipinski definition) is 0. The van der Waals surface area contributed by atoms with E-state index in [1.54, 1.807) is 10.9 Å².